The fraction of sp³-hybridized carbons (Fsp3) is 0.320. The topological polar surface area (TPSA) is 126 Å². The van der Waals surface area contributed by atoms with Crippen molar-refractivity contribution in [1.29, 1.82) is 0 Å². The van der Waals surface area contributed by atoms with E-state index in [4.69, 9.17) is 5.73 Å². The van der Waals surface area contributed by atoms with Crippen molar-refractivity contribution in [2.75, 3.05) is 38.2 Å². The van der Waals surface area contributed by atoms with Crippen LogP contribution in [0.3, 0.4) is 0 Å². The van der Waals surface area contributed by atoms with E-state index in [1.165, 1.54) is 17.3 Å². The number of carbonyl (C=O) groups excluding carboxylic acids is 3. The molecule has 1 saturated heterocycles. The Balaban J connectivity index is 1.60. The van der Waals surface area contributed by atoms with Gasteiger partial charge in [-0.25, -0.2) is 9.97 Å². The Labute approximate surface area is 203 Å². The van der Waals surface area contributed by atoms with Crippen LogP contribution in [0.5, 0.6) is 0 Å². The van der Waals surface area contributed by atoms with Crippen LogP contribution in [-0.4, -0.2) is 69.2 Å². The molecule has 3 amide bonds. The molecule has 1 aliphatic rings. The van der Waals surface area contributed by atoms with E-state index in [-0.39, 0.29) is 36.0 Å². The van der Waals surface area contributed by atoms with Gasteiger partial charge in [0.2, 0.25) is 11.8 Å². The van der Waals surface area contributed by atoms with Crippen molar-refractivity contribution in [2.45, 2.75) is 25.3 Å². The van der Waals surface area contributed by atoms with Crippen LogP contribution in [-0.2, 0) is 16.0 Å². The van der Waals surface area contributed by atoms with Crippen LogP contribution in [0.15, 0.2) is 49.4 Å². The normalized spacial score (nSPS) is 15.6. The molecule has 0 spiro atoms. The number of likely N-dealkylation sites (tertiary alicyclic amines) is 1. The summed E-state index contributed by atoms with van der Waals surface area (Å²) >= 11 is 0. The Morgan fingerprint density at radius 2 is 1.97 bits per heavy atom. The van der Waals surface area contributed by atoms with E-state index in [0.717, 1.165) is 18.4 Å². The molecule has 2 aromatic heterocycles. The van der Waals surface area contributed by atoms with Crippen LogP contribution >= 0.6 is 0 Å². The maximum Gasteiger partial charge on any atom is 0.258 e. The summed E-state index contributed by atoms with van der Waals surface area (Å²) in [5, 5.41) is 3.37. The van der Waals surface area contributed by atoms with Crippen molar-refractivity contribution in [3.8, 4) is 0 Å². The largest absolute Gasteiger partial charge is 0.383 e. The quantitative estimate of drug-likeness (QED) is 0.527. The summed E-state index contributed by atoms with van der Waals surface area (Å²) in [5.74, 6) is -0.247. The fourth-order valence-electron chi connectivity index (χ4n) is 4.31. The number of carbonyl (C=O) groups is 3. The first-order valence-electron chi connectivity index (χ1n) is 11.4. The molecule has 3 heterocycles. The van der Waals surface area contributed by atoms with Crippen LogP contribution in [0, 0.1) is 0 Å². The summed E-state index contributed by atoms with van der Waals surface area (Å²) in [5.41, 5.74) is 8.52. The number of benzene rings is 1. The Kier molecular flexibility index (Phi) is 6.81. The number of amides is 3. The molecule has 0 radical (unpaired) electrons. The second-order valence-electron chi connectivity index (χ2n) is 8.81. The monoisotopic (exact) mass is 475 g/mol. The first-order chi connectivity index (χ1) is 16.8. The molecule has 3 N–H and O–H groups in total. The lowest BCUT2D eigenvalue weighted by Crippen LogP contribution is -2.39. The first kappa shape index (κ1) is 23.9. The molecule has 1 fully saturated rings. The van der Waals surface area contributed by atoms with Gasteiger partial charge in [0.1, 0.15) is 17.8 Å². The number of hydrogen-bond acceptors (Lipinski definition) is 6. The third-order valence-corrected chi connectivity index (χ3v) is 6.23. The molecule has 1 atom stereocenters. The zero-order valence-corrected chi connectivity index (χ0v) is 19.9. The molecule has 10 nitrogen and oxygen atoms in total. The predicted molar refractivity (Wildman–Crippen MR) is 134 cm³/mol. The smallest absolute Gasteiger partial charge is 0.258 e. The molecule has 35 heavy (non-hydrogen) atoms. The lowest BCUT2D eigenvalue weighted by Gasteiger charge is -2.33. The minimum atomic E-state index is -0.345. The Bertz CT molecular complexity index is 1280. The second-order valence-corrected chi connectivity index (χ2v) is 8.81. The zero-order valence-electron chi connectivity index (χ0n) is 19.9. The van der Waals surface area contributed by atoms with Crippen molar-refractivity contribution in [1.82, 2.24) is 24.3 Å². The number of likely N-dealkylation sites (N-methyl/N-ethyl adjacent to an activating group) is 1. The van der Waals surface area contributed by atoms with E-state index in [9.17, 15) is 14.4 Å². The first-order valence-corrected chi connectivity index (χ1v) is 11.4. The summed E-state index contributed by atoms with van der Waals surface area (Å²) in [6.07, 6.45) is 6.38. The molecule has 0 saturated carbocycles. The standard InChI is InChI=1S/C25H29N7O3/c1-4-20(33)31-11-5-6-18(13-31)32-14-19(22-23(26)27-15-28-24(22)32)25(35)29-17-9-7-16(8-10-17)12-21(34)30(2)3/h4,7-10,14-15,18H,1,5-6,11-13H2,2-3H3,(H,29,35)(H2,26,27,28)/t18-/m1/s1. The average molecular weight is 476 g/mol. The van der Waals surface area contributed by atoms with Gasteiger partial charge in [-0.15, -0.1) is 0 Å². The van der Waals surface area contributed by atoms with Gasteiger partial charge in [-0.1, -0.05) is 18.7 Å². The van der Waals surface area contributed by atoms with Gasteiger partial charge in [-0.05, 0) is 36.6 Å². The summed E-state index contributed by atoms with van der Waals surface area (Å²) in [6.45, 7) is 4.74. The van der Waals surface area contributed by atoms with E-state index >= 15 is 0 Å². The van der Waals surface area contributed by atoms with Crippen molar-refractivity contribution >= 4 is 40.3 Å². The summed E-state index contributed by atoms with van der Waals surface area (Å²) < 4.78 is 1.92. The van der Waals surface area contributed by atoms with Gasteiger partial charge in [-0.2, -0.15) is 0 Å². The molecule has 0 bridgehead atoms. The van der Waals surface area contributed by atoms with E-state index in [2.05, 4.69) is 21.9 Å². The third kappa shape index (κ3) is 5.01. The number of rotatable bonds is 6. The van der Waals surface area contributed by atoms with Gasteiger partial charge in [0.15, 0.2) is 0 Å². The molecule has 1 aromatic carbocycles. The van der Waals surface area contributed by atoms with E-state index in [1.807, 2.05) is 16.7 Å². The molecular weight excluding hydrogens is 446 g/mol. The number of nitrogens with two attached hydrogens (primary N) is 1. The zero-order chi connectivity index (χ0) is 25.1. The lowest BCUT2D eigenvalue weighted by atomic mass is 10.1. The highest BCUT2D eigenvalue weighted by Gasteiger charge is 2.28. The van der Waals surface area contributed by atoms with Gasteiger partial charge in [0.25, 0.3) is 5.91 Å². The number of nitrogens with one attached hydrogen (secondary N) is 1. The molecule has 4 rings (SSSR count). The minimum absolute atomic E-state index is 0.00105. The number of nitrogen functional groups attached to an aromatic ring is 1. The summed E-state index contributed by atoms with van der Waals surface area (Å²) in [7, 11) is 3.43. The summed E-state index contributed by atoms with van der Waals surface area (Å²) in [6, 6.07) is 7.08. The highest BCUT2D eigenvalue weighted by Crippen LogP contribution is 2.31. The van der Waals surface area contributed by atoms with E-state index in [1.54, 1.807) is 37.3 Å². The minimum Gasteiger partial charge on any atom is -0.383 e. The highest BCUT2D eigenvalue weighted by atomic mass is 16.2. The van der Waals surface area contributed by atoms with Crippen molar-refractivity contribution in [3.63, 3.8) is 0 Å². The van der Waals surface area contributed by atoms with Gasteiger partial charge in [0, 0.05) is 39.1 Å². The third-order valence-electron chi connectivity index (χ3n) is 6.23. The highest BCUT2D eigenvalue weighted by molar-refractivity contribution is 6.14. The number of aromatic nitrogens is 3. The number of hydrogen-bond donors (Lipinski definition) is 2. The maximum atomic E-state index is 13.3. The van der Waals surface area contributed by atoms with Crippen molar-refractivity contribution in [2.24, 2.45) is 0 Å². The van der Waals surface area contributed by atoms with Crippen LogP contribution in [0.25, 0.3) is 11.0 Å². The molecule has 182 valence electrons. The van der Waals surface area contributed by atoms with Crippen LogP contribution in [0.4, 0.5) is 11.5 Å². The molecule has 0 aliphatic carbocycles. The number of nitrogens with zero attached hydrogens (tertiary/aromatic N) is 5. The number of piperidine rings is 1. The van der Waals surface area contributed by atoms with Gasteiger partial charge >= 0.3 is 0 Å². The van der Waals surface area contributed by atoms with E-state index in [0.29, 0.717) is 35.4 Å². The maximum absolute atomic E-state index is 13.3. The van der Waals surface area contributed by atoms with Crippen LogP contribution in [0.2, 0.25) is 0 Å². The Hall–Kier alpha value is -4.21. The van der Waals surface area contributed by atoms with Crippen molar-refractivity contribution < 1.29 is 14.4 Å². The van der Waals surface area contributed by atoms with Crippen LogP contribution in [0.1, 0.15) is 34.8 Å². The predicted octanol–water partition coefficient (Wildman–Crippen LogP) is 2.25. The Morgan fingerprint density at radius 3 is 2.66 bits per heavy atom. The number of anilines is 2. The summed E-state index contributed by atoms with van der Waals surface area (Å²) in [4.78, 5) is 49.1. The van der Waals surface area contributed by atoms with Crippen LogP contribution < -0.4 is 11.1 Å². The van der Waals surface area contributed by atoms with Gasteiger partial charge in [0.05, 0.1) is 23.4 Å². The van der Waals surface area contributed by atoms with Gasteiger partial charge in [-0.3, -0.25) is 14.4 Å². The molecule has 0 unspecified atom stereocenters. The SMILES string of the molecule is C=CC(=O)N1CCC[C@@H](n2cc(C(=O)Nc3ccc(CC(=O)N(C)C)cc3)c3c(N)ncnc32)C1. The van der Waals surface area contributed by atoms with E-state index < -0.39 is 0 Å². The lowest BCUT2D eigenvalue weighted by molar-refractivity contribution is -0.128. The Morgan fingerprint density at radius 1 is 1.23 bits per heavy atom. The fourth-order valence-corrected chi connectivity index (χ4v) is 4.31. The molecule has 1 aliphatic heterocycles. The molecule has 3 aromatic rings. The van der Waals surface area contributed by atoms with Gasteiger partial charge < -0.3 is 25.4 Å². The second kappa shape index (κ2) is 9.96. The van der Waals surface area contributed by atoms with Crippen molar-refractivity contribution in [3.05, 3.63) is 60.6 Å². The average Bonchev–Trinajstić information content (AvgIpc) is 3.26. The molecular formula is C25H29N7O3. The molecule has 10 heteroatoms. The number of fused-ring (bicyclic) bond motifs is 1.